The van der Waals surface area contributed by atoms with Gasteiger partial charge in [0.05, 0.1) is 12.0 Å². The zero-order chi connectivity index (χ0) is 13.9. The molecule has 4 nitrogen and oxygen atoms in total. The summed E-state index contributed by atoms with van der Waals surface area (Å²) in [6.45, 7) is 3.19. The van der Waals surface area contributed by atoms with Crippen LogP contribution in [0.5, 0.6) is 0 Å². The number of carbonyl (C=O) groups is 1. The summed E-state index contributed by atoms with van der Waals surface area (Å²) in [7, 11) is 0. The highest BCUT2D eigenvalue weighted by atomic mass is 16.3. The average molecular weight is 262 g/mol. The smallest absolute Gasteiger partial charge is 0.227 e. The monoisotopic (exact) mass is 262 g/mol. The standard InChI is InChI=1S/C15H22N2O2/c1-15(19)7-4-9-17(10-8-15)14(18)11-12-5-2-3-6-13(12)16/h2-3,5-6,19H,4,7-11,16H2,1H3. The van der Waals surface area contributed by atoms with Gasteiger partial charge in [-0.2, -0.15) is 0 Å². The maximum absolute atomic E-state index is 12.3. The molecule has 4 heteroatoms. The molecule has 1 aliphatic rings. The van der Waals surface area contributed by atoms with Crippen LogP contribution in [0.15, 0.2) is 24.3 Å². The largest absolute Gasteiger partial charge is 0.398 e. The van der Waals surface area contributed by atoms with Crippen molar-refractivity contribution in [1.29, 1.82) is 0 Å². The summed E-state index contributed by atoms with van der Waals surface area (Å²) >= 11 is 0. The highest BCUT2D eigenvalue weighted by Gasteiger charge is 2.27. The first-order chi connectivity index (χ1) is 8.98. The number of nitrogens with zero attached hydrogens (tertiary/aromatic N) is 1. The molecule has 0 bridgehead atoms. The summed E-state index contributed by atoms with van der Waals surface area (Å²) in [5, 5.41) is 10.0. The van der Waals surface area contributed by atoms with Gasteiger partial charge in [-0.3, -0.25) is 4.79 Å². The Morgan fingerprint density at radius 1 is 1.37 bits per heavy atom. The van der Waals surface area contributed by atoms with E-state index in [-0.39, 0.29) is 5.91 Å². The number of carbonyl (C=O) groups excluding carboxylic acids is 1. The van der Waals surface area contributed by atoms with E-state index in [0.29, 0.717) is 25.1 Å². The van der Waals surface area contributed by atoms with E-state index in [1.807, 2.05) is 36.1 Å². The molecule has 2 rings (SSSR count). The molecule has 19 heavy (non-hydrogen) atoms. The minimum absolute atomic E-state index is 0.0931. The predicted molar refractivity (Wildman–Crippen MR) is 75.6 cm³/mol. The molecule has 104 valence electrons. The third-order valence-electron chi connectivity index (χ3n) is 3.81. The van der Waals surface area contributed by atoms with Crippen molar-refractivity contribution in [2.45, 2.75) is 38.2 Å². The van der Waals surface area contributed by atoms with E-state index in [2.05, 4.69) is 0 Å². The first-order valence-electron chi connectivity index (χ1n) is 6.81. The van der Waals surface area contributed by atoms with E-state index in [0.717, 1.165) is 24.9 Å². The van der Waals surface area contributed by atoms with Gasteiger partial charge in [0.2, 0.25) is 5.91 Å². The molecule has 1 saturated heterocycles. The second-order valence-corrected chi connectivity index (χ2v) is 5.61. The van der Waals surface area contributed by atoms with E-state index in [1.165, 1.54) is 0 Å². The average Bonchev–Trinajstić information content (AvgIpc) is 2.53. The van der Waals surface area contributed by atoms with Crippen molar-refractivity contribution >= 4 is 11.6 Å². The zero-order valence-corrected chi connectivity index (χ0v) is 11.4. The lowest BCUT2D eigenvalue weighted by molar-refractivity contribution is -0.130. The zero-order valence-electron chi connectivity index (χ0n) is 11.4. The van der Waals surface area contributed by atoms with Gasteiger partial charge < -0.3 is 15.7 Å². The lowest BCUT2D eigenvalue weighted by Gasteiger charge is -2.22. The lowest BCUT2D eigenvalue weighted by Crippen LogP contribution is -2.34. The number of anilines is 1. The van der Waals surface area contributed by atoms with Gasteiger partial charge in [-0.25, -0.2) is 0 Å². The van der Waals surface area contributed by atoms with Crippen LogP contribution >= 0.6 is 0 Å². The topological polar surface area (TPSA) is 66.6 Å². The van der Waals surface area contributed by atoms with Crippen molar-refractivity contribution in [2.24, 2.45) is 0 Å². The van der Waals surface area contributed by atoms with Crippen LogP contribution < -0.4 is 5.73 Å². The molecule has 1 aromatic rings. The lowest BCUT2D eigenvalue weighted by atomic mass is 9.98. The van der Waals surface area contributed by atoms with Crippen LogP contribution in [0.25, 0.3) is 0 Å². The number of hydrogen-bond acceptors (Lipinski definition) is 3. The van der Waals surface area contributed by atoms with E-state index in [4.69, 9.17) is 5.73 Å². The van der Waals surface area contributed by atoms with Crippen molar-refractivity contribution in [3.63, 3.8) is 0 Å². The third-order valence-corrected chi connectivity index (χ3v) is 3.81. The Kier molecular flexibility index (Phi) is 4.10. The van der Waals surface area contributed by atoms with Crippen LogP contribution in [-0.2, 0) is 11.2 Å². The van der Waals surface area contributed by atoms with Crippen LogP contribution in [0.1, 0.15) is 31.7 Å². The quantitative estimate of drug-likeness (QED) is 0.795. The fraction of sp³-hybridized carbons (Fsp3) is 0.533. The first kappa shape index (κ1) is 13.9. The van der Waals surface area contributed by atoms with Gasteiger partial charge in [0.25, 0.3) is 0 Å². The Morgan fingerprint density at radius 2 is 2.11 bits per heavy atom. The summed E-state index contributed by atoms with van der Waals surface area (Å²) in [6.07, 6.45) is 2.59. The summed E-state index contributed by atoms with van der Waals surface area (Å²) in [4.78, 5) is 14.1. The number of amides is 1. The predicted octanol–water partition coefficient (Wildman–Crippen LogP) is 1.57. The minimum Gasteiger partial charge on any atom is -0.398 e. The number of aliphatic hydroxyl groups is 1. The summed E-state index contributed by atoms with van der Waals surface area (Å²) < 4.78 is 0. The van der Waals surface area contributed by atoms with Gasteiger partial charge in [-0.05, 0) is 37.8 Å². The molecular weight excluding hydrogens is 240 g/mol. The summed E-state index contributed by atoms with van der Waals surface area (Å²) in [6, 6.07) is 7.47. The molecular formula is C15H22N2O2. The number of para-hydroxylation sites is 1. The van der Waals surface area contributed by atoms with Gasteiger partial charge in [-0.15, -0.1) is 0 Å². The summed E-state index contributed by atoms with van der Waals surface area (Å²) in [5.41, 5.74) is 6.77. The second kappa shape index (κ2) is 5.61. The van der Waals surface area contributed by atoms with E-state index < -0.39 is 5.60 Å². The normalized spacial score (nSPS) is 24.0. The maximum atomic E-state index is 12.3. The van der Waals surface area contributed by atoms with E-state index >= 15 is 0 Å². The van der Waals surface area contributed by atoms with E-state index in [1.54, 1.807) is 0 Å². The molecule has 1 fully saturated rings. The number of nitrogens with two attached hydrogens (primary N) is 1. The molecule has 0 spiro atoms. The number of likely N-dealkylation sites (tertiary alicyclic amines) is 1. The molecule has 1 aliphatic heterocycles. The highest BCUT2D eigenvalue weighted by Crippen LogP contribution is 2.22. The number of nitrogen functional groups attached to an aromatic ring is 1. The Morgan fingerprint density at radius 3 is 2.84 bits per heavy atom. The molecule has 0 saturated carbocycles. The first-order valence-corrected chi connectivity index (χ1v) is 6.81. The van der Waals surface area contributed by atoms with Crippen molar-refractivity contribution in [3.05, 3.63) is 29.8 Å². The van der Waals surface area contributed by atoms with Gasteiger partial charge in [0, 0.05) is 18.8 Å². The molecule has 3 N–H and O–H groups in total. The Bertz CT molecular complexity index is 457. The SMILES string of the molecule is CC1(O)CCCN(C(=O)Cc2ccccc2N)CC1. The van der Waals surface area contributed by atoms with Crippen LogP contribution in [0.2, 0.25) is 0 Å². The Balaban J connectivity index is 1.99. The van der Waals surface area contributed by atoms with Gasteiger partial charge >= 0.3 is 0 Å². The maximum Gasteiger partial charge on any atom is 0.227 e. The molecule has 1 unspecified atom stereocenters. The van der Waals surface area contributed by atoms with Gasteiger partial charge in [-0.1, -0.05) is 18.2 Å². The highest BCUT2D eigenvalue weighted by molar-refractivity contribution is 5.80. The molecule has 1 atom stereocenters. The molecule has 0 aromatic heterocycles. The van der Waals surface area contributed by atoms with Crippen molar-refractivity contribution < 1.29 is 9.90 Å². The van der Waals surface area contributed by atoms with Crippen LogP contribution in [0.4, 0.5) is 5.69 Å². The molecule has 0 radical (unpaired) electrons. The van der Waals surface area contributed by atoms with Crippen molar-refractivity contribution in [1.82, 2.24) is 4.90 Å². The number of rotatable bonds is 2. The van der Waals surface area contributed by atoms with Gasteiger partial charge in [0.1, 0.15) is 0 Å². The fourth-order valence-corrected chi connectivity index (χ4v) is 2.48. The minimum atomic E-state index is -0.638. The van der Waals surface area contributed by atoms with Gasteiger partial charge in [0.15, 0.2) is 0 Å². The van der Waals surface area contributed by atoms with E-state index in [9.17, 15) is 9.90 Å². The Hall–Kier alpha value is -1.55. The van der Waals surface area contributed by atoms with Crippen molar-refractivity contribution in [3.8, 4) is 0 Å². The van der Waals surface area contributed by atoms with Crippen molar-refractivity contribution in [2.75, 3.05) is 18.8 Å². The van der Waals surface area contributed by atoms with Crippen LogP contribution in [0.3, 0.4) is 0 Å². The summed E-state index contributed by atoms with van der Waals surface area (Å²) in [5.74, 6) is 0.0931. The fourth-order valence-electron chi connectivity index (χ4n) is 2.48. The molecule has 1 aromatic carbocycles. The third kappa shape index (κ3) is 3.70. The number of hydrogen-bond donors (Lipinski definition) is 2. The molecule has 0 aliphatic carbocycles. The molecule has 1 amide bonds. The molecule has 1 heterocycles. The van der Waals surface area contributed by atoms with Crippen LogP contribution in [-0.4, -0.2) is 34.6 Å². The Labute approximate surface area is 114 Å². The van der Waals surface area contributed by atoms with Crippen LogP contribution in [0, 0.1) is 0 Å². The second-order valence-electron chi connectivity index (χ2n) is 5.61. The number of benzene rings is 1.